The molecule has 1 atom stereocenters. The van der Waals surface area contributed by atoms with E-state index in [0.717, 1.165) is 11.1 Å². The average Bonchev–Trinajstić information content (AvgIpc) is 2.54. The van der Waals surface area contributed by atoms with Crippen molar-refractivity contribution in [3.63, 3.8) is 0 Å². The van der Waals surface area contributed by atoms with Crippen LogP contribution >= 0.6 is 0 Å². The third-order valence-corrected chi connectivity index (χ3v) is 4.03. The molecule has 6 nitrogen and oxygen atoms in total. The van der Waals surface area contributed by atoms with E-state index in [4.69, 9.17) is 9.66 Å². The fraction of sp³-hybridized carbons (Fsp3) is 0.111. The minimum absolute atomic E-state index is 0.139. The van der Waals surface area contributed by atoms with Gasteiger partial charge in [-0.15, -0.1) is 0 Å². The zero-order valence-electron chi connectivity index (χ0n) is 13.5. The molecule has 0 spiro atoms. The van der Waals surface area contributed by atoms with Crippen LogP contribution in [0.15, 0.2) is 54.7 Å². The lowest BCUT2D eigenvalue weighted by Gasteiger charge is -2.10. The fourth-order valence-electron chi connectivity index (χ4n) is 2.22. The van der Waals surface area contributed by atoms with Crippen LogP contribution in [0.3, 0.4) is 0 Å². The molecule has 0 aliphatic heterocycles. The Labute approximate surface area is 147 Å². The van der Waals surface area contributed by atoms with Crippen molar-refractivity contribution in [1.82, 2.24) is 5.32 Å². The summed E-state index contributed by atoms with van der Waals surface area (Å²) in [5, 5.41) is 11.0. The zero-order chi connectivity index (χ0) is 18.6. The topological polar surface area (TPSA) is 104 Å². The van der Waals surface area contributed by atoms with Crippen LogP contribution in [0.1, 0.15) is 21.5 Å². The van der Waals surface area contributed by atoms with Crippen molar-refractivity contribution in [3.05, 3.63) is 71.4 Å². The molecule has 3 N–H and O–H groups in total. The highest BCUT2D eigenvalue weighted by molar-refractivity contribution is 7.78. The first kappa shape index (κ1) is 18.6. The molecule has 0 aromatic heterocycles. The quantitative estimate of drug-likeness (QED) is 0.543. The van der Waals surface area contributed by atoms with Gasteiger partial charge in [-0.1, -0.05) is 42.5 Å². The molecule has 0 fully saturated rings. The summed E-state index contributed by atoms with van der Waals surface area (Å²) in [6, 6.07) is 12.4. The molecule has 0 saturated heterocycles. The van der Waals surface area contributed by atoms with Crippen LogP contribution in [0.2, 0.25) is 0 Å². The standard InChI is InChI=1S/C18H17NO5S/c1-11-3-5-14(6-4-11)15-7-13(10-25(23)24)8-16(9-15)17(20)19-12(2)18(21)22/h3-9H,2,10H2,1H3,(H,19,20)(H,21,22)(H,23,24). The minimum Gasteiger partial charge on any atom is -0.477 e. The Morgan fingerprint density at radius 2 is 1.76 bits per heavy atom. The van der Waals surface area contributed by atoms with Gasteiger partial charge in [-0.25, -0.2) is 9.00 Å². The number of carboxylic acid groups (broad SMARTS) is 1. The van der Waals surface area contributed by atoms with Gasteiger partial charge >= 0.3 is 5.97 Å². The SMILES string of the molecule is C=C(NC(=O)c1cc(CS(=O)O)cc(-c2ccc(C)cc2)c1)C(=O)O. The molecule has 7 heteroatoms. The summed E-state index contributed by atoms with van der Waals surface area (Å²) in [6.07, 6.45) is 0. The predicted molar refractivity (Wildman–Crippen MR) is 95.3 cm³/mol. The third-order valence-electron chi connectivity index (χ3n) is 3.45. The Morgan fingerprint density at radius 1 is 1.12 bits per heavy atom. The van der Waals surface area contributed by atoms with Crippen molar-refractivity contribution in [2.75, 3.05) is 0 Å². The molecule has 2 aromatic rings. The second kappa shape index (κ2) is 7.87. The normalized spacial score (nSPS) is 11.6. The molecule has 0 saturated carbocycles. The molecule has 2 aromatic carbocycles. The van der Waals surface area contributed by atoms with Gasteiger partial charge in [0.25, 0.3) is 5.91 Å². The van der Waals surface area contributed by atoms with Crippen LogP contribution in [0, 0.1) is 6.92 Å². The molecular weight excluding hydrogens is 342 g/mol. The smallest absolute Gasteiger partial charge is 0.351 e. The number of nitrogens with one attached hydrogen (secondary N) is 1. The average molecular weight is 359 g/mol. The van der Waals surface area contributed by atoms with Gasteiger partial charge in [0, 0.05) is 5.56 Å². The molecule has 2 rings (SSSR count). The second-order valence-electron chi connectivity index (χ2n) is 5.49. The van der Waals surface area contributed by atoms with Gasteiger partial charge in [-0.2, -0.15) is 0 Å². The van der Waals surface area contributed by atoms with E-state index >= 15 is 0 Å². The summed E-state index contributed by atoms with van der Waals surface area (Å²) in [6.45, 7) is 5.21. The van der Waals surface area contributed by atoms with Crippen LogP contribution < -0.4 is 5.32 Å². The molecule has 130 valence electrons. The third kappa shape index (κ3) is 5.10. The molecule has 0 bridgehead atoms. The monoisotopic (exact) mass is 359 g/mol. The van der Waals surface area contributed by atoms with E-state index in [0.29, 0.717) is 11.1 Å². The molecule has 25 heavy (non-hydrogen) atoms. The molecule has 0 aliphatic rings. The van der Waals surface area contributed by atoms with E-state index in [1.54, 1.807) is 12.1 Å². The minimum atomic E-state index is -2.07. The van der Waals surface area contributed by atoms with E-state index < -0.39 is 28.7 Å². The van der Waals surface area contributed by atoms with Crippen molar-refractivity contribution < 1.29 is 23.5 Å². The fourth-order valence-corrected chi connectivity index (χ4v) is 2.68. The molecule has 1 amide bonds. The number of hydrogen-bond acceptors (Lipinski definition) is 3. The van der Waals surface area contributed by atoms with Crippen molar-refractivity contribution in [2.45, 2.75) is 12.7 Å². The van der Waals surface area contributed by atoms with Crippen LogP contribution in [-0.4, -0.2) is 25.7 Å². The van der Waals surface area contributed by atoms with Gasteiger partial charge in [0.2, 0.25) is 0 Å². The van der Waals surface area contributed by atoms with Gasteiger partial charge in [0.1, 0.15) is 5.70 Å². The number of aliphatic carboxylic acids is 1. The summed E-state index contributed by atoms with van der Waals surface area (Å²) in [7, 11) is 0. The first-order valence-electron chi connectivity index (χ1n) is 7.28. The van der Waals surface area contributed by atoms with E-state index in [1.807, 2.05) is 31.2 Å². The second-order valence-corrected chi connectivity index (χ2v) is 6.42. The van der Waals surface area contributed by atoms with Crippen molar-refractivity contribution in [1.29, 1.82) is 0 Å². The first-order valence-corrected chi connectivity index (χ1v) is 8.56. The lowest BCUT2D eigenvalue weighted by atomic mass is 9.99. The van der Waals surface area contributed by atoms with Gasteiger partial charge in [-0.3, -0.25) is 4.79 Å². The number of carbonyl (C=O) groups is 2. The summed E-state index contributed by atoms with van der Waals surface area (Å²) in [4.78, 5) is 23.1. The van der Waals surface area contributed by atoms with E-state index in [-0.39, 0.29) is 11.3 Å². The lowest BCUT2D eigenvalue weighted by molar-refractivity contribution is -0.132. The van der Waals surface area contributed by atoms with Crippen molar-refractivity contribution in [2.24, 2.45) is 0 Å². The zero-order valence-corrected chi connectivity index (χ0v) is 14.3. The molecular formula is C18H17NO5S. The number of aryl methyl sites for hydroxylation is 1. The van der Waals surface area contributed by atoms with Crippen LogP contribution in [0.25, 0.3) is 11.1 Å². The van der Waals surface area contributed by atoms with Crippen LogP contribution in [0.5, 0.6) is 0 Å². The molecule has 0 heterocycles. The maximum Gasteiger partial charge on any atom is 0.351 e. The number of amides is 1. The lowest BCUT2D eigenvalue weighted by Crippen LogP contribution is -2.26. The summed E-state index contributed by atoms with van der Waals surface area (Å²) in [5.41, 5.74) is 2.83. The highest BCUT2D eigenvalue weighted by Crippen LogP contribution is 2.24. The van der Waals surface area contributed by atoms with E-state index in [9.17, 15) is 13.8 Å². The molecule has 0 aliphatic carbocycles. The Hall–Kier alpha value is -2.77. The number of rotatable bonds is 6. The first-order chi connectivity index (χ1) is 11.8. The van der Waals surface area contributed by atoms with Crippen molar-refractivity contribution >= 4 is 23.0 Å². The summed E-state index contributed by atoms with van der Waals surface area (Å²) in [5.74, 6) is -2.12. The van der Waals surface area contributed by atoms with E-state index in [2.05, 4.69) is 11.9 Å². The summed E-state index contributed by atoms with van der Waals surface area (Å²) < 4.78 is 20.3. The van der Waals surface area contributed by atoms with Crippen molar-refractivity contribution in [3.8, 4) is 11.1 Å². The number of carboxylic acids is 1. The number of hydrogen-bond donors (Lipinski definition) is 3. The highest BCUT2D eigenvalue weighted by atomic mass is 32.2. The van der Waals surface area contributed by atoms with Gasteiger partial charge in [0.15, 0.2) is 11.1 Å². The largest absolute Gasteiger partial charge is 0.477 e. The predicted octanol–water partition coefficient (Wildman–Crippen LogP) is 2.71. The number of benzene rings is 2. The Balaban J connectivity index is 2.44. The van der Waals surface area contributed by atoms with E-state index in [1.165, 1.54) is 6.07 Å². The summed E-state index contributed by atoms with van der Waals surface area (Å²) >= 11 is -2.07. The van der Waals surface area contributed by atoms with Gasteiger partial charge < -0.3 is 15.0 Å². The van der Waals surface area contributed by atoms with Crippen LogP contribution in [-0.2, 0) is 21.6 Å². The highest BCUT2D eigenvalue weighted by Gasteiger charge is 2.14. The van der Waals surface area contributed by atoms with Crippen LogP contribution in [0.4, 0.5) is 0 Å². The van der Waals surface area contributed by atoms with Gasteiger partial charge in [-0.05, 0) is 35.7 Å². The number of carbonyl (C=O) groups excluding carboxylic acids is 1. The molecule has 0 radical (unpaired) electrons. The Kier molecular flexibility index (Phi) is 5.84. The molecule has 1 unspecified atom stereocenters. The Morgan fingerprint density at radius 3 is 2.32 bits per heavy atom. The Bertz CT molecular complexity index is 858. The maximum atomic E-state index is 12.3. The maximum absolute atomic E-state index is 12.3. The van der Waals surface area contributed by atoms with Gasteiger partial charge in [0.05, 0.1) is 5.75 Å².